The first kappa shape index (κ1) is 73.6. The molecule has 0 aromatic carbocycles. The van der Waals surface area contributed by atoms with E-state index in [4.69, 9.17) is 4.74 Å². The van der Waals surface area contributed by atoms with Gasteiger partial charge in [0.15, 0.2) is 0 Å². The van der Waals surface area contributed by atoms with E-state index in [1.165, 1.54) is 321 Å². The molecule has 0 aliphatic heterocycles. The molecule has 0 aliphatic rings. The van der Waals surface area contributed by atoms with Crippen LogP contribution >= 0.6 is 0 Å². The zero-order valence-electron chi connectivity index (χ0n) is 51.1. The topological polar surface area (TPSA) is 95.9 Å². The van der Waals surface area contributed by atoms with Gasteiger partial charge in [-0.15, -0.1) is 0 Å². The van der Waals surface area contributed by atoms with Crippen molar-refractivity contribution in [3.8, 4) is 0 Å². The molecular formula is C69H135NO5. The molecule has 0 aromatic rings. The van der Waals surface area contributed by atoms with Gasteiger partial charge in [-0.1, -0.05) is 341 Å². The number of carbonyl (C=O) groups excluding carboxylic acids is 2. The molecule has 0 bridgehead atoms. The molecule has 0 heterocycles. The number of unbranched alkanes of at least 4 members (excludes halogenated alkanes) is 52. The fraction of sp³-hybridized carbons (Fsp3) is 0.942. The van der Waals surface area contributed by atoms with Crippen molar-refractivity contribution in [2.45, 2.75) is 405 Å². The van der Waals surface area contributed by atoms with Crippen LogP contribution in [-0.2, 0) is 14.3 Å². The summed E-state index contributed by atoms with van der Waals surface area (Å²) >= 11 is 0. The van der Waals surface area contributed by atoms with Crippen molar-refractivity contribution in [2.24, 2.45) is 0 Å². The summed E-state index contributed by atoms with van der Waals surface area (Å²) in [7, 11) is 0. The van der Waals surface area contributed by atoms with Crippen molar-refractivity contribution in [3.05, 3.63) is 12.2 Å². The standard InChI is InChI=1S/C69H135NO5/c1-3-5-7-9-11-13-15-16-17-33-37-40-43-47-51-55-59-63-69(74)75-64-60-56-52-48-44-41-38-35-32-30-28-26-24-22-20-18-19-21-23-25-27-29-31-34-36-39-42-46-50-54-58-62-68(73)70-66(65-71)67(72)61-57-53-49-45-14-12-10-8-6-4-2/h20,22,66-67,71-72H,3-19,21,23-65H2,1-2H3,(H,70,73)/b22-20-. The minimum absolute atomic E-state index is 0.0224. The molecular weight excluding hydrogens is 923 g/mol. The summed E-state index contributed by atoms with van der Waals surface area (Å²) in [6.07, 6.45) is 79.9. The summed E-state index contributed by atoms with van der Waals surface area (Å²) < 4.78 is 5.51. The second-order valence-electron chi connectivity index (χ2n) is 23.9. The molecule has 0 radical (unpaired) electrons. The average molecular weight is 1060 g/mol. The number of esters is 1. The number of allylic oxidation sites excluding steroid dienone is 2. The third-order valence-electron chi connectivity index (χ3n) is 16.3. The van der Waals surface area contributed by atoms with E-state index < -0.39 is 12.1 Å². The number of nitrogens with one attached hydrogen (secondary N) is 1. The zero-order valence-corrected chi connectivity index (χ0v) is 51.1. The second-order valence-corrected chi connectivity index (χ2v) is 23.9. The van der Waals surface area contributed by atoms with E-state index in [2.05, 4.69) is 31.3 Å². The van der Waals surface area contributed by atoms with Gasteiger partial charge in [-0.2, -0.15) is 0 Å². The second kappa shape index (κ2) is 65.1. The lowest BCUT2D eigenvalue weighted by atomic mass is 10.0. The van der Waals surface area contributed by atoms with Crippen molar-refractivity contribution in [3.63, 3.8) is 0 Å². The van der Waals surface area contributed by atoms with E-state index in [0.29, 0.717) is 25.9 Å². The number of hydrogen-bond acceptors (Lipinski definition) is 5. The lowest BCUT2D eigenvalue weighted by Gasteiger charge is -2.22. The zero-order chi connectivity index (χ0) is 54.3. The van der Waals surface area contributed by atoms with E-state index in [0.717, 1.165) is 38.5 Å². The van der Waals surface area contributed by atoms with E-state index in [9.17, 15) is 19.8 Å². The van der Waals surface area contributed by atoms with Gasteiger partial charge >= 0.3 is 5.97 Å². The van der Waals surface area contributed by atoms with Gasteiger partial charge in [0.1, 0.15) is 0 Å². The maximum absolute atomic E-state index is 12.4. The van der Waals surface area contributed by atoms with Crippen LogP contribution in [-0.4, -0.2) is 47.4 Å². The van der Waals surface area contributed by atoms with Gasteiger partial charge in [0.25, 0.3) is 0 Å². The summed E-state index contributed by atoms with van der Waals surface area (Å²) in [5, 5.41) is 23.2. The van der Waals surface area contributed by atoms with Gasteiger partial charge in [-0.25, -0.2) is 0 Å². The van der Waals surface area contributed by atoms with Crippen LogP contribution in [0.4, 0.5) is 0 Å². The number of ether oxygens (including phenoxy) is 1. The summed E-state index contributed by atoms with van der Waals surface area (Å²) in [6, 6.07) is -0.537. The van der Waals surface area contributed by atoms with Crippen molar-refractivity contribution < 1.29 is 24.5 Å². The molecule has 6 nitrogen and oxygen atoms in total. The number of aliphatic hydroxyl groups is 2. The molecule has 0 rings (SSSR count). The van der Waals surface area contributed by atoms with E-state index in [1.54, 1.807) is 0 Å². The van der Waals surface area contributed by atoms with Gasteiger partial charge in [-0.05, 0) is 51.4 Å². The minimum Gasteiger partial charge on any atom is -0.466 e. The van der Waals surface area contributed by atoms with E-state index in [1.807, 2.05) is 0 Å². The Morgan fingerprint density at radius 2 is 0.627 bits per heavy atom. The Morgan fingerprint density at radius 3 is 0.947 bits per heavy atom. The van der Waals surface area contributed by atoms with E-state index >= 15 is 0 Å². The maximum atomic E-state index is 12.4. The van der Waals surface area contributed by atoms with Crippen LogP contribution in [0.25, 0.3) is 0 Å². The summed E-state index contributed by atoms with van der Waals surface area (Å²) in [4.78, 5) is 24.5. The molecule has 0 aliphatic carbocycles. The first-order valence-electron chi connectivity index (χ1n) is 34.4. The number of carbonyl (C=O) groups is 2. The molecule has 0 spiro atoms. The summed E-state index contributed by atoms with van der Waals surface area (Å²) in [5.74, 6) is -0.0101. The third kappa shape index (κ3) is 61.7. The van der Waals surface area contributed by atoms with Crippen LogP contribution in [0.2, 0.25) is 0 Å². The highest BCUT2D eigenvalue weighted by Gasteiger charge is 2.20. The number of rotatable bonds is 65. The molecule has 1 amide bonds. The minimum atomic E-state index is -0.660. The Balaban J connectivity index is 3.31. The molecule has 0 aromatic heterocycles. The molecule has 0 saturated heterocycles. The highest BCUT2D eigenvalue weighted by atomic mass is 16.5. The van der Waals surface area contributed by atoms with Crippen molar-refractivity contribution in [1.82, 2.24) is 5.32 Å². The average Bonchev–Trinajstić information content (AvgIpc) is 3.41. The number of aliphatic hydroxyl groups excluding tert-OH is 2. The van der Waals surface area contributed by atoms with Crippen molar-refractivity contribution in [1.29, 1.82) is 0 Å². The summed E-state index contributed by atoms with van der Waals surface area (Å²) in [5.41, 5.74) is 0. The van der Waals surface area contributed by atoms with Crippen LogP contribution in [0.3, 0.4) is 0 Å². The predicted molar refractivity (Wildman–Crippen MR) is 329 cm³/mol. The number of amides is 1. The molecule has 75 heavy (non-hydrogen) atoms. The molecule has 0 saturated carbocycles. The quantitative estimate of drug-likeness (QED) is 0.0320. The molecule has 2 unspecified atom stereocenters. The first-order chi connectivity index (χ1) is 37.0. The van der Waals surface area contributed by atoms with Crippen molar-refractivity contribution in [2.75, 3.05) is 13.2 Å². The summed E-state index contributed by atoms with van der Waals surface area (Å²) in [6.45, 7) is 4.98. The van der Waals surface area contributed by atoms with Gasteiger partial charge in [0.05, 0.1) is 25.4 Å². The Kier molecular flexibility index (Phi) is 63.9. The molecule has 446 valence electrons. The van der Waals surface area contributed by atoms with Crippen LogP contribution in [0, 0.1) is 0 Å². The molecule has 3 N–H and O–H groups in total. The first-order valence-corrected chi connectivity index (χ1v) is 34.4. The fourth-order valence-electron chi connectivity index (χ4n) is 11.1. The highest BCUT2D eigenvalue weighted by Crippen LogP contribution is 2.19. The Morgan fingerprint density at radius 1 is 0.360 bits per heavy atom. The lowest BCUT2D eigenvalue weighted by Crippen LogP contribution is -2.45. The third-order valence-corrected chi connectivity index (χ3v) is 16.3. The Bertz CT molecular complexity index is 1130. The number of hydrogen-bond donors (Lipinski definition) is 3. The van der Waals surface area contributed by atoms with Crippen LogP contribution in [0.15, 0.2) is 12.2 Å². The van der Waals surface area contributed by atoms with Gasteiger partial charge < -0.3 is 20.3 Å². The molecule has 6 heteroatoms. The fourth-order valence-corrected chi connectivity index (χ4v) is 11.1. The Hall–Kier alpha value is -1.40. The molecule has 0 fully saturated rings. The smallest absolute Gasteiger partial charge is 0.305 e. The molecule has 2 atom stereocenters. The SMILES string of the molecule is CCCCCCCCCCCCCCCCCCCC(=O)OCCCCCCCCCCCCCC/C=C\CCCCCCCCCCCCCCCCCC(=O)NC(CO)C(O)CCCCCCCCCCCC. The maximum Gasteiger partial charge on any atom is 0.305 e. The highest BCUT2D eigenvalue weighted by molar-refractivity contribution is 5.76. The lowest BCUT2D eigenvalue weighted by molar-refractivity contribution is -0.143. The van der Waals surface area contributed by atoms with Crippen molar-refractivity contribution >= 4 is 11.9 Å². The van der Waals surface area contributed by atoms with Gasteiger partial charge in [0, 0.05) is 12.8 Å². The van der Waals surface area contributed by atoms with Crippen LogP contribution in [0.5, 0.6) is 0 Å². The van der Waals surface area contributed by atoms with Gasteiger partial charge in [-0.3, -0.25) is 9.59 Å². The van der Waals surface area contributed by atoms with Gasteiger partial charge in [0.2, 0.25) is 5.91 Å². The van der Waals surface area contributed by atoms with Crippen LogP contribution in [0.1, 0.15) is 393 Å². The monoisotopic (exact) mass is 1060 g/mol. The largest absolute Gasteiger partial charge is 0.466 e. The van der Waals surface area contributed by atoms with Crippen LogP contribution < -0.4 is 5.32 Å². The predicted octanol–water partition coefficient (Wildman–Crippen LogP) is 22.0. The normalized spacial score (nSPS) is 12.5. The Labute approximate surface area is 469 Å². The van der Waals surface area contributed by atoms with E-state index in [-0.39, 0.29) is 18.5 Å².